The van der Waals surface area contributed by atoms with Crippen LogP contribution < -0.4 is 5.32 Å². The molecule has 4 nitrogen and oxygen atoms in total. The monoisotopic (exact) mass is 312 g/mol. The Morgan fingerprint density at radius 2 is 1.96 bits per heavy atom. The Bertz CT molecular complexity index is 708. The summed E-state index contributed by atoms with van der Waals surface area (Å²) in [7, 11) is 0. The second kappa shape index (κ2) is 5.84. The molecular weight excluding hydrogens is 288 g/mol. The van der Waals surface area contributed by atoms with Gasteiger partial charge in [0.05, 0.1) is 5.69 Å². The fourth-order valence-electron chi connectivity index (χ4n) is 2.98. The quantitative estimate of drug-likeness (QED) is 0.897. The molecule has 4 heteroatoms. The van der Waals surface area contributed by atoms with E-state index < -0.39 is 0 Å². The maximum atomic E-state index is 12.4. The third-order valence-electron chi connectivity index (χ3n) is 4.54. The predicted molar refractivity (Wildman–Crippen MR) is 90.8 cm³/mol. The van der Waals surface area contributed by atoms with Crippen molar-refractivity contribution in [3.63, 3.8) is 0 Å². The smallest absolute Gasteiger partial charge is 0.258 e. The predicted octanol–water partition coefficient (Wildman–Crippen LogP) is 4.35. The number of fused-ring (bicyclic) bond motifs is 1. The van der Waals surface area contributed by atoms with Crippen LogP contribution in [0.15, 0.2) is 28.8 Å². The van der Waals surface area contributed by atoms with Crippen LogP contribution in [0.5, 0.6) is 0 Å². The van der Waals surface area contributed by atoms with E-state index in [0.717, 1.165) is 30.5 Å². The lowest BCUT2D eigenvalue weighted by molar-refractivity contribution is 0.102. The summed E-state index contributed by atoms with van der Waals surface area (Å²) in [6.45, 7) is 8.69. The first kappa shape index (κ1) is 15.8. The number of rotatable bonds is 2. The molecule has 1 aliphatic rings. The van der Waals surface area contributed by atoms with E-state index in [1.54, 1.807) is 0 Å². The number of benzene rings is 1. The lowest BCUT2D eigenvalue weighted by Crippen LogP contribution is -2.16. The van der Waals surface area contributed by atoms with Gasteiger partial charge in [-0.3, -0.25) is 10.1 Å². The number of carbonyl (C=O) groups excluding carboxylic acids is 1. The molecule has 1 amide bonds. The summed E-state index contributed by atoms with van der Waals surface area (Å²) in [5, 5.41) is 6.97. The van der Waals surface area contributed by atoms with E-state index in [2.05, 4.69) is 38.2 Å². The minimum Gasteiger partial charge on any atom is -0.338 e. The Hall–Kier alpha value is -2.10. The Morgan fingerprint density at radius 1 is 1.26 bits per heavy atom. The van der Waals surface area contributed by atoms with E-state index in [9.17, 15) is 4.79 Å². The molecule has 0 aliphatic heterocycles. The van der Waals surface area contributed by atoms with Crippen molar-refractivity contribution < 1.29 is 9.32 Å². The number of aromatic nitrogens is 1. The third kappa shape index (κ3) is 3.31. The van der Waals surface area contributed by atoms with Gasteiger partial charge >= 0.3 is 0 Å². The molecule has 0 saturated carbocycles. The highest BCUT2D eigenvalue weighted by Gasteiger charge is 2.24. The van der Waals surface area contributed by atoms with Crippen LogP contribution in [0.2, 0.25) is 0 Å². The molecule has 1 aliphatic carbocycles. The highest BCUT2D eigenvalue weighted by Crippen LogP contribution is 2.31. The Balaban J connectivity index is 1.76. The summed E-state index contributed by atoms with van der Waals surface area (Å²) >= 11 is 0. The van der Waals surface area contributed by atoms with Crippen molar-refractivity contribution in [3.05, 3.63) is 46.6 Å². The molecule has 2 aromatic rings. The number of carbonyl (C=O) groups is 1. The molecule has 0 spiro atoms. The SMILES string of the molecule is CC1CCc2noc(NC(=O)c3ccc(C(C)(C)C)cc3)c2C1. The van der Waals surface area contributed by atoms with E-state index in [1.807, 2.05) is 24.3 Å². The van der Waals surface area contributed by atoms with Crippen molar-refractivity contribution >= 4 is 11.8 Å². The Labute approximate surface area is 137 Å². The first-order chi connectivity index (χ1) is 10.8. The molecule has 23 heavy (non-hydrogen) atoms. The summed E-state index contributed by atoms with van der Waals surface area (Å²) in [6, 6.07) is 7.74. The second-order valence-corrected chi connectivity index (χ2v) is 7.57. The van der Waals surface area contributed by atoms with Crippen LogP contribution in [0.3, 0.4) is 0 Å². The lowest BCUT2D eigenvalue weighted by Gasteiger charge is -2.19. The minimum atomic E-state index is -0.150. The molecule has 1 aromatic carbocycles. The summed E-state index contributed by atoms with van der Waals surface area (Å²) < 4.78 is 5.35. The van der Waals surface area contributed by atoms with Crippen molar-refractivity contribution in [2.45, 2.75) is 52.4 Å². The van der Waals surface area contributed by atoms with Gasteiger partial charge in [0.25, 0.3) is 5.91 Å². The van der Waals surface area contributed by atoms with Crippen molar-refractivity contribution in [1.29, 1.82) is 0 Å². The Morgan fingerprint density at radius 3 is 2.61 bits per heavy atom. The van der Waals surface area contributed by atoms with Crippen LogP contribution >= 0.6 is 0 Å². The third-order valence-corrected chi connectivity index (χ3v) is 4.54. The zero-order valence-corrected chi connectivity index (χ0v) is 14.3. The number of hydrogen-bond acceptors (Lipinski definition) is 3. The van der Waals surface area contributed by atoms with Crippen molar-refractivity contribution in [1.82, 2.24) is 5.16 Å². The molecule has 0 saturated heterocycles. The summed E-state index contributed by atoms with van der Waals surface area (Å²) in [5.74, 6) is 0.961. The van der Waals surface area contributed by atoms with Gasteiger partial charge in [0, 0.05) is 11.1 Å². The van der Waals surface area contributed by atoms with Crippen LogP contribution in [0.25, 0.3) is 0 Å². The largest absolute Gasteiger partial charge is 0.338 e. The molecule has 1 heterocycles. The molecule has 122 valence electrons. The molecule has 0 fully saturated rings. The number of hydrogen-bond donors (Lipinski definition) is 1. The maximum Gasteiger partial charge on any atom is 0.258 e. The number of aryl methyl sites for hydroxylation is 1. The fourth-order valence-corrected chi connectivity index (χ4v) is 2.98. The number of amides is 1. The minimum absolute atomic E-state index is 0.0785. The highest BCUT2D eigenvalue weighted by molar-refractivity contribution is 6.03. The lowest BCUT2D eigenvalue weighted by atomic mass is 9.86. The van der Waals surface area contributed by atoms with E-state index in [-0.39, 0.29) is 11.3 Å². The first-order valence-electron chi connectivity index (χ1n) is 8.24. The van der Waals surface area contributed by atoms with Gasteiger partial charge in [-0.1, -0.05) is 45.0 Å². The molecular formula is C19H24N2O2. The van der Waals surface area contributed by atoms with Gasteiger partial charge in [-0.2, -0.15) is 0 Å². The molecule has 0 radical (unpaired) electrons. The van der Waals surface area contributed by atoms with E-state index in [4.69, 9.17) is 4.52 Å². The number of nitrogens with one attached hydrogen (secondary N) is 1. The van der Waals surface area contributed by atoms with Crippen molar-refractivity contribution in [2.75, 3.05) is 5.32 Å². The number of nitrogens with zero attached hydrogens (tertiary/aromatic N) is 1. The van der Waals surface area contributed by atoms with Crippen LogP contribution in [-0.4, -0.2) is 11.1 Å². The fraction of sp³-hybridized carbons (Fsp3) is 0.474. The zero-order chi connectivity index (χ0) is 16.6. The van der Waals surface area contributed by atoms with Crippen LogP contribution in [-0.2, 0) is 18.3 Å². The van der Waals surface area contributed by atoms with Crippen molar-refractivity contribution in [3.8, 4) is 0 Å². The standard InChI is InChI=1S/C19H24N2O2/c1-12-5-10-16-15(11-12)18(23-21-16)20-17(22)13-6-8-14(9-7-13)19(2,3)4/h6-9,12H,5,10-11H2,1-4H3,(H,20,22). The van der Waals surface area contributed by atoms with E-state index in [1.165, 1.54) is 5.56 Å². The molecule has 1 atom stereocenters. The molecule has 1 unspecified atom stereocenters. The Kier molecular flexibility index (Phi) is 4.00. The van der Waals surface area contributed by atoms with Crippen LogP contribution in [0, 0.1) is 5.92 Å². The summed E-state index contributed by atoms with van der Waals surface area (Å²) in [6.07, 6.45) is 2.97. The van der Waals surface area contributed by atoms with Gasteiger partial charge in [0.2, 0.25) is 5.88 Å². The first-order valence-corrected chi connectivity index (χ1v) is 8.24. The van der Waals surface area contributed by atoms with Gasteiger partial charge < -0.3 is 4.52 Å². The average molecular weight is 312 g/mol. The second-order valence-electron chi connectivity index (χ2n) is 7.57. The average Bonchev–Trinajstić information content (AvgIpc) is 2.89. The van der Waals surface area contributed by atoms with Crippen LogP contribution in [0.1, 0.15) is 61.3 Å². The van der Waals surface area contributed by atoms with Crippen LogP contribution in [0.4, 0.5) is 5.88 Å². The zero-order valence-electron chi connectivity index (χ0n) is 14.3. The van der Waals surface area contributed by atoms with Crippen molar-refractivity contribution in [2.24, 2.45) is 5.92 Å². The van der Waals surface area contributed by atoms with Gasteiger partial charge in [0.1, 0.15) is 0 Å². The topological polar surface area (TPSA) is 55.1 Å². The summed E-state index contributed by atoms with van der Waals surface area (Å²) in [5.41, 5.74) is 3.96. The van der Waals surface area contributed by atoms with Gasteiger partial charge in [0.15, 0.2) is 0 Å². The maximum absolute atomic E-state index is 12.4. The molecule has 3 rings (SSSR count). The van der Waals surface area contributed by atoms with E-state index in [0.29, 0.717) is 17.4 Å². The number of anilines is 1. The molecule has 1 N–H and O–H groups in total. The normalized spacial score (nSPS) is 17.7. The van der Waals surface area contributed by atoms with Gasteiger partial charge in [-0.05, 0) is 48.3 Å². The van der Waals surface area contributed by atoms with E-state index >= 15 is 0 Å². The highest BCUT2D eigenvalue weighted by atomic mass is 16.5. The van der Waals surface area contributed by atoms with Gasteiger partial charge in [-0.15, -0.1) is 0 Å². The summed E-state index contributed by atoms with van der Waals surface area (Å²) in [4.78, 5) is 12.4. The molecule has 0 bridgehead atoms. The molecule has 1 aromatic heterocycles. The van der Waals surface area contributed by atoms with Gasteiger partial charge in [-0.25, -0.2) is 0 Å².